The van der Waals surface area contributed by atoms with Crippen molar-refractivity contribution in [3.63, 3.8) is 0 Å². The number of aromatic nitrogens is 2. The van der Waals surface area contributed by atoms with Gasteiger partial charge in [-0.25, -0.2) is 9.97 Å². The molecule has 2 rings (SSSR count). The van der Waals surface area contributed by atoms with E-state index in [0.29, 0.717) is 18.9 Å². The van der Waals surface area contributed by atoms with Crippen molar-refractivity contribution in [3.05, 3.63) is 53.3 Å². The minimum atomic E-state index is 0.189. The van der Waals surface area contributed by atoms with Crippen LogP contribution in [0.25, 0.3) is 0 Å². The molecule has 18 heavy (non-hydrogen) atoms. The maximum atomic E-state index is 8.83. The molecule has 0 fully saturated rings. The van der Waals surface area contributed by atoms with Gasteiger partial charge in [-0.2, -0.15) is 0 Å². The number of nitrogens with one attached hydrogen (secondary N) is 1. The second-order valence-electron chi connectivity index (χ2n) is 4.23. The molecule has 0 radical (unpaired) electrons. The first kappa shape index (κ1) is 12.5. The first-order chi connectivity index (χ1) is 8.78. The topological polar surface area (TPSA) is 58.0 Å². The second kappa shape index (κ2) is 6.12. The molecule has 0 aliphatic heterocycles. The summed E-state index contributed by atoms with van der Waals surface area (Å²) in [6, 6.07) is 8.16. The standard InChI is InChI=1S/C14H17N3O/c1-11-8-15-14(16-9-11)17-10-13-4-2-12(3-5-13)6-7-18/h2-5,8-9,18H,6-7,10H2,1H3,(H,15,16,17). The van der Waals surface area contributed by atoms with E-state index in [0.717, 1.165) is 11.1 Å². The van der Waals surface area contributed by atoms with Gasteiger partial charge in [0, 0.05) is 25.5 Å². The van der Waals surface area contributed by atoms with Crippen LogP contribution in [-0.2, 0) is 13.0 Å². The molecule has 1 aromatic heterocycles. The van der Waals surface area contributed by atoms with Crippen molar-refractivity contribution < 1.29 is 5.11 Å². The van der Waals surface area contributed by atoms with Gasteiger partial charge in [0.1, 0.15) is 0 Å². The van der Waals surface area contributed by atoms with Gasteiger partial charge >= 0.3 is 0 Å². The third-order valence-corrected chi connectivity index (χ3v) is 2.66. The third kappa shape index (κ3) is 3.53. The van der Waals surface area contributed by atoms with Crippen molar-refractivity contribution >= 4 is 5.95 Å². The Morgan fingerprint density at radius 3 is 2.28 bits per heavy atom. The molecule has 0 spiro atoms. The maximum absolute atomic E-state index is 8.83. The van der Waals surface area contributed by atoms with Crippen LogP contribution in [0, 0.1) is 6.92 Å². The molecule has 1 heterocycles. The molecule has 2 N–H and O–H groups in total. The van der Waals surface area contributed by atoms with E-state index in [1.165, 1.54) is 5.56 Å². The van der Waals surface area contributed by atoms with E-state index < -0.39 is 0 Å². The predicted octanol–water partition coefficient (Wildman–Crippen LogP) is 1.93. The lowest BCUT2D eigenvalue weighted by Crippen LogP contribution is -2.03. The van der Waals surface area contributed by atoms with Gasteiger partial charge in [-0.3, -0.25) is 0 Å². The zero-order chi connectivity index (χ0) is 12.8. The van der Waals surface area contributed by atoms with Gasteiger partial charge in [-0.05, 0) is 30.0 Å². The molecule has 94 valence electrons. The van der Waals surface area contributed by atoms with Crippen LogP contribution in [0.2, 0.25) is 0 Å². The van der Waals surface area contributed by atoms with Crippen molar-refractivity contribution in [1.82, 2.24) is 9.97 Å². The van der Waals surface area contributed by atoms with E-state index in [2.05, 4.69) is 15.3 Å². The number of aliphatic hydroxyl groups excluding tert-OH is 1. The molecule has 0 bridgehead atoms. The summed E-state index contributed by atoms with van der Waals surface area (Å²) in [5.74, 6) is 0.639. The van der Waals surface area contributed by atoms with E-state index in [-0.39, 0.29) is 6.61 Å². The Morgan fingerprint density at radius 1 is 1.06 bits per heavy atom. The van der Waals surface area contributed by atoms with Crippen LogP contribution in [0.4, 0.5) is 5.95 Å². The molecule has 0 unspecified atom stereocenters. The lowest BCUT2D eigenvalue weighted by atomic mass is 10.1. The normalized spacial score (nSPS) is 10.3. The Labute approximate surface area is 107 Å². The van der Waals surface area contributed by atoms with Crippen molar-refractivity contribution in [2.24, 2.45) is 0 Å². The number of anilines is 1. The van der Waals surface area contributed by atoms with Crippen LogP contribution in [-0.4, -0.2) is 21.7 Å². The molecule has 0 amide bonds. The van der Waals surface area contributed by atoms with Crippen molar-refractivity contribution in [1.29, 1.82) is 0 Å². The van der Waals surface area contributed by atoms with Crippen LogP contribution in [0.3, 0.4) is 0 Å². The van der Waals surface area contributed by atoms with Crippen LogP contribution < -0.4 is 5.32 Å². The highest BCUT2D eigenvalue weighted by Gasteiger charge is 1.97. The molecule has 0 aliphatic carbocycles. The largest absolute Gasteiger partial charge is 0.396 e. The summed E-state index contributed by atoms with van der Waals surface area (Å²) in [6.07, 6.45) is 4.29. The Bertz CT molecular complexity index is 479. The number of aryl methyl sites for hydroxylation is 1. The van der Waals surface area contributed by atoms with Crippen molar-refractivity contribution in [2.45, 2.75) is 19.9 Å². The zero-order valence-corrected chi connectivity index (χ0v) is 10.4. The van der Waals surface area contributed by atoms with Gasteiger partial charge in [0.2, 0.25) is 5.95 Å². The second-order valence-corrected chi connectivity index (χ2v) is 4.23. The number of hydrogen-bond acceptors (Lipinski definition) is 4. The van der Waals surface area contributed by atoms with Gasteiger partial charge < -0.3 is 10.4 Å². The average molecular weight is 243 g/mol. The van der Waals surface area contributed by atoms with E-state index in [1.54, 1.807) is 12.4 Å². The number of aliphatic hydroxyl groups is 1. The minimum absolute atomic E-state index is 0.189. The fourth-order valence-corrected chi connectivity index (χ4v) is 1.62. The Balaban J connectivity index is 1.91. The molecule has 0 saturated carbocycles. The number of benzene rings is 1. The number of nitrogens with zero attached hydrogens (tertiary/aromatic N) is 2. The summed E-state index contributed by atoms with van der Waals surface area (Å²) in [5, 5.41) is 12.0. The van der Waals surface area contributed by atoms with Crippen molar-refractivity contribution in [2.75, 3.05) is 11.9 Å². The summed E-state index contributed by atoms with van der Waals surface area (Å²) < 4.78 is 0. The fraction of sp³-hybridized carbons (Fsp3) is 0.286. The monoisotopic (exact) mass is 243 g/mol. The highest BCUT2D eigenvalue weighted by atomic mass is 16.2. The minimum Gasteiger partial charge on any atom is -0.396 e. The number of hydrogen-bond donors (Lipinski definition) is 2. The summed E-state index contributed by atoms with van der Waals surface area (Å²) in [5.41, 5.74) is 3.36. The molecule has 0 saturated heterocycles. The molecule has 2 aromatic rings. The van der Waals surface area contributed by atoms with Gasteiger partial charge in [0.05, 0.1) is 0 Å². The molecule has 4 nitrogen and oxygen atoms in total. The summed E-state index contributed by atoms with van der Waals surface area (Å²) >= 11 is 0. The molecule has 0 atom stereocenters. The molecular formula is C14H17N3O. The van der Waals surface area contributed by atoms with Gasteiger partial charge in [-0.1, -0.05) is 24.3 Å². The highest BCUT2D eigenvalue weighted by molar-refractivity contribution is 5.29. The summed E-state index contributed by atoms with van der Waals surface area (Å²) in [6.45, 7) is 2.85. The molecule has 1 aromatic carbocycles. The Kier molecular flexibility index (Phi) is 4.25. The van der Waals surface area contributed by atoms with Crippen LogP contribution in [0.5, 0.6) is 0 Å². The molecule has 0 aliphatic rings. The SMILES string of the molecule is Cc1cnc(NCc2ccc(CCO)cc2)nc1. The Morgan fingerprint density at radius 2 is 1.67 bits per heavy atom. The molecular weight excluding hydrogens is 226 g/mol. The van der Waals surface area contributed by atoms with Gasteiger partial charge in [0.15, 0.2) is 0 Å². The zero-order valence-electron chi connectivity index (χ0n) is 10.4. The van der Waals surface area contributed by atoms with Crippen LogP contribution >= 0.6 is 0 Å². The van der Waals surface area contributed by atoms with Gasteiger partial charge in [-0.15, -0.1) is 0 Å². The lowest BCUT2D eigenvalue weighted by Gasteiger charge is -2.05. The third-order valence-electron chi connectivity index (χ3n) is 2.66. The van der Waals surface area contributed by atoms with Crippen LogP contribution in [0.15, 0.2) is 36.7 Å². The van der Waals surface area contributed by atoms with E-state index in [9.17, 15) is 0 Å². The number of rotatable bonds is 5. The van der Waals surface area contributed by atoms with E-state index in [4.69, 9.17) is 5.11 Å². The van der Waals surface area contributed by atoms with Crippen molar-refractivity contribution in [3.8, 4) is 0 Å². The van der Waals surface area contributed by atoms with E-state index >= 15 is 0 Å². The van der Waals surface area contributed by atoms with Crippen LogP contribution in [0.1, 0.15) is 16.7 Å². The average Bonchev–Trinajstić information content (AvgIpc) is 2.40. The maximum Gasteiger partial charge on any atom is 0.222 e. The lowest BCUT2D eigenvalue weighted by molar-refractivity contribution is 0.299. The fourth-order valence-electron chi connectivity index (χ4n) is 1.62. The smallest absolute Gasteiger partial charge is 0.222 e. The predicted molar refractivity (Wildman–Crippen MR) is 71.3 cm³/mol. The Hall–Kier alpha value is -1.94. The van der Waals surface area contributed by atoms with E-state index in [1.807, 2.05) is 31.2 Å². The molecule has 4 heteroatoms. The quantitative estimate of drug-likeness (QED) is 0.842. The van der Waals surface area contributed by atoms with Gasteiger partial charge in [0.25, 0.3) is 0 Å². The first-order valence-electron chi connectivity index (χ1n) is 5.99. The first-order valence-corrected chi connectivity index (χ1v) is 5.99. The highest BCUT2D eigenvalue weighted by Crippen LogP contribution is 2.07. The summed E-state index contributed by atoms with van der Waals surface area (Å²) in [4.78, 5) is 8.37. The summed E-state index contributed by atoms with van der Waals surface area (Å²) in [7, 11) is 0.